The molecule has 0 aliphatic rings. The van der Waals surface area contributed by atoms with Crippen molar-refractivity contribution in [1.82, 2.24) is 14.8 Å². The lowest BCUT2D eigenvalue weighted by Crippen LogP contribution is -3.00. The zero-order valence-electron chi connectivity index (χ0n) is 20.2. The molecule has 7 nitrogen and oxygen atoms in total. The van der Waals surface area contributed by atoms with E-state index in [9.17, 15) is 15.0 Å². The molecule has 3 aromatic heterocycles. The van der Waals surface area contributed by atoms with E-state index in [0.717, 1.165) is 32.8 Å². The summed E-state index contributed by atoms with van der Waals surface area (Å²) in [6.07, 6.45) is 5.29. The van der Waals surface area contributed by atoms with Crippen molar-refractivity contribution in [2.75, 3.05) is 0 Å². The number of aromatic amines is 1. The van der Waals surface area contributed by atoms with E-state index >= 15 is 0 Å². The van der Waals surface area contributed by atoms with Gasteiger partial charge in [-0.05, 0) is 63.4 Å². The number of pyridine rings is 2. The largest absolute Gasteiger partial charge is 1.00 e. The Hall–Kier alpha value is -4.43. The molecule has 6 rings (SSSR count). The maximum Gasteiger partial charge on any atom is 0.280 e. The number of benzene rings is 3. The molecule has 3 aromatic carbocycles. The Kier molecular flexibility index (Phi) is 6.98. The topological polar surface area (TPSA) is 102 Å². The van der Waals surface area contributed by atoms with Gasteiger partial charge in [0.2, 0.25) is 0 Å². The van der Waals surface area contributed by atoms with E-state index in [2.05, 4.69) is 9.97 Å². The second kappa shape index (κ2) is 10.5. The average molecular weight is 523 g/mol. The van der Waals surface area contributed by atoms with Crippen LogP contribution in [0.4, 0.5) is 0 Å². The fourth-order valence-corrected chi connectivity index (χ4v) is 4.89. The third-order valence-corrected chi connectivity index (χ3v) is 6.61. The Labute approximate surface area is 224 Å². The molecule has 188 valence electrons. The van der Waals surface area contributed by atoms with Crippen molar-refractivity contribution < 1.29 is 27.6 Å². The quantitative estimate of drug-likeness (QED) is 0.353. The van der Waals surface area contributed by atoms with Crippen molar-refractivity contribution in [3.8, 4) is 28.2 Å². The minimum atomic E-state index is -0.278. The Morgan fingerprint density at radius 3 is 2.32 bits per heavy atom. The molecule has 3 N–H and O–H groups in total. The molecule has 0 fully saturated rings. The summed E-state index contributed by atoms with van der Waals surface area (Å²) in [6.45, 7) is -0.439. The van der Waals surface area contributed by atoms with Crippen LogP contribution in [0.1, 0.15) is 11.1 Å². The molecule has 6 aromatic rings. The third-order valence-electron chi connectivity index (χ3n) is 6.61. The number of hydrogen-bond donors (Lipinski definition) is 2. The fourth-order valence-electron chi connectivity index (χ4n) is 4.89. The summed E-state index contributed by atoms with van der Waals surface area (Å²) in [4.78, 5) is 21.2. The summed E-state index contributed by atoms with van der Waals surface area (Å²) in [5, 5.41) is 28.2. The number of fused-ring (bicyclic) bond motifs is 2. The van der Waals surface area contributed by atoms with Crippen LogP contribution >= 0.6 is 0 Å². The van der Waals surface area contributed by atoms with Crippen LogP contribution in [-0.2, 0) is 13.2 Å². The molecule has 8 heteroatoms. The predicted molar refractivity (Wildman–Crippen MR) is 142 cm³/mol. The monoisotopic (exact) mass is 522 g/mol. The molecular formula is C30H23ClN4O3. The molecule has 0 spiro atoms. The Bertz CT molecular complexity index is 1840. The van der Waals surface area contributed by atoms with Gasteiger partial charge in [0.25, 0.3) is 5.56 Å². The van der Waals surface area contributed by atoms with Gasteiger partial charge in [0.15, 0.2) is 18.2 Å². The number of aromatic nitrogens is 4. The number of halogens is 1. The second-order valence-corrected chi connectivity index (χ2v) is 8.73. The van der Waals surface area contributed by atoms with Crippen LogP contribution in [0.15, 0.2) is 102 Å². The number of nitrogens with zero attached hydrogens (tertiary/aromatic N) is 3. The predicted octanol–water partition coefficient (Wildman–Crippen LogP) is 1.07. The van der Waals surface area contributed by atoms with E-state index < -0.39 is 0 Å². The number of aliphatic hydroxyl groups excluding tert-OH is 2. The lowest BCUT2D eigenvalue weighted by atomic mass is 9.90. The molecule has 0 saturated heterocycles. The van der Waals surface area contributed by atoms with Crippen molar-refractivity contribution in [2.24, 2.45) is 0 Å². The van der Waals surface area contributed by atoms with Crippen LogP contribution in [0, 0.1) is 0 Å². The van der Waals surface area contributed by atoms with E-state index in [1.54, 1.807) is 18.3 Å². The van der Waals surface area contributed by atoms with Crippen molar-refractivity contribution in [2.45, 2.75) is 13.2 Å². The van der Waals surface area contributed by atoms with Gasteiger partial charge in [0, 0.05) is 17.6 Å². The van der Waals surface area contributed by atoms with Crippen molar-refractivity contribution in [3.63, 3.8) is 0 Å². The molecule has 3 heterocycles. The van der Waals surface area contributed by atoms with Gasteiger partial charge in [-0.15, -0.1) is 0 Å². The molecular weight excluding hydrogens is 500 g/mol. The molecule has 0 radical (unpaired) electrons. The van der Waals surface area contributed by atoms with Crippen molar-refractivity contribution in [3.05, 3.63) is 119 Å². The van der Waals surface area contributed by atoms with Gasteiger partial charge in [-0.2, -0.15) is 9.78 Å². The minimum absolute atomic E-state index is 0. The highest BCUT2D eigenvalue weighted by molar-refractivity contribution is 5.99. The summed E-state index contributed by atoms with van der Waals surface area (Å²) >= 11 is 0. The van der Waals surface area contributed by atoms with Gasteiger partial charge in [-0.25, -0.2) is 9.97 Å². The van der Waals surface area contributed by atoms with Gasteiger partial charge in [-0.3, -0.25) is 4.79 Å². The smallest absolute Gasteiger partial charge is 0.280 e. The van der Waals surface area contributed by atoms with Crippen LogP contribution in [-0.4, -0.2) is 25.0 Å². The van der Waals surface area contributed by atoms with Crippen LogP contribution < -0.4 is 23.0 Å². The summed E-state index contributed by atoms with van der Waals surface area (Å²) in [5.74, 6) is 0.358. The highest BCUT2D eigenvalue weighted by atomic mass is 35.5. The molecule has 0 atom stereocenters. The maximum absolute atomic E-state index is 13.6. The molecule has 0 bridgehead atoms. The second-order valence-electron chi connectivity index (χ2n) is 8.73. The van der Waals surface area contributed by atoms with E-state index in [0.29, 0.717) is 28.0 Å². The van der Waals surface area contributed by atoms with Gasteiger partial charge in [-0.1, -0.05) is 42.5 Å². The first-order valence-corrected chi connectivity index (χ1v) is 11.9. The van der Waals surface area contributed by atoms with Crippen molar-refractivity contribution in [1.29, 1.82) is 0 Å². The number of H-pyrrole nitrogens is 1. The number of nitrogens with one attached hydrogen (secondary N) is 1. The number of aliphatic hydroxyl groups is 2. The Balaban J connectivity index is 0.00000294. The standard InChI is InChI=1S/C30H22N4O3.ClH/c35-17-22-14-19-6-1-2-8-23(19)28(26(22)18-36)20-11-13-32-27(15-20)34-30(37)25-10-4-3-9-24(25)29(33-34)21-7-5-12-31-16-21;/h1-16,35-36H,17-18H2;1H. The lowest BCUT2D eigenvalue weighted by molar-refractivity contribution is -0.377. The SMILES string of the molecule is O=c1c2ccccc2c(-c2ccc[nH+]c2)nn1-c1cc(-c2c(CO)c(CO)cc3ccccc23)ccn1.[Cl-]. The van der Waals surface area contributed by atoms with Gasteiger partial charge < -0.3 is 22.6 Å². The van der Waals surface area contributed by atoms with Crippen LogP contribution in [0.25, 0.3) is 49.7 Å². The first-order valence-electron chi connectivity index (χ1n) is 11.9. The Morgan fingerprint density at radius 1 is 0.816 bits per heavy atom. The molecule has 0 aliphatic heterocycles. The van der Waals surface area contributed by atoms with Crippen LogP contribution in [0.5, 0.6) is 0 Å². The third kappa shape index (κ3) is 4.22. The fraction of sp³-hybridized carbons (Fsp3) is 0.0667. The van der Waals surface area contributed by atoms with E-state index in [4.69, 9.17) is 5.10 Å². The highest BCUT2D eigenvalue weighted by Gasteiger charge is 2.18. The van der Waals surface area contributed by atoms with E-state index in [1.165, 1.54) is 4.68 Å². The molecule has 38 heavy (non-hydrogen) atoms. The van der Waals surface area contributed by atoms with Crippen LogP contribution in [0.2, 0.25) is 0 Å². The average Bonchev–Trinajstić information content (AvgIpc) is 2.97. The van der Waals surface area contributed by atoms with Crippen LogP contribution in [0.3, 0.4) is 0 Å². The van der Waals surface area contributed by atoms with E-state index in [-0.39, 0.29) is 31.2 Å². The summed E-state index contributed by atoms with van der Waals surface area (Å²) in [6, 6.07) is 24.6. The molecule has 0 unspecified atom stereocenters. The summed E-state index contributed by atoms with van der Waals surface area (Å²) < 4.78 is 1.32. The summed E-state index contributed by atoms with van der Waals surface area (Å²) in [7, 11) is 0. The lowest BCUT2D eigenvalue weighted by Gasteiger charge is -2.17. The highest BCUT2D eigenvalue weighted by Crippen LogP contribution is 2.35. The normalized spacial score (nSPS) is 11.0. The van der Waals surface area contributed by atoms with Gasteiger partial charge in [0.1, 0.15) is 5.69 Å². The first kappa shape index (κ1) is 25.2. The Morgan fingerprint density at radius 2 is 1.58 bits per heavy atom. The van der Waals surface area contributed by atoms with E-state index in [1.807, 2.05) is 79.1 Å². The summed E-state index contributed by atoms with van der Waals surface area (Å²) in [5.41, 5.74) is 4.06. The zero-order valence-corrected chi connectivity index (χ0v) is 20.9. The molecule has 0 saturated carbocycles. The number of rotatable bonds is 5. The minimum Gasteiger partial charge on any atom is -1.00 e. The molecule has 0 amide bonds. The zero-order chi connectivity index (χ0) is 25.4. The van der Waals surface area contributed by atoms with Gasteiger partial charge >= 0.3 is 0 Å². The van der Waals surface area contributed by atoms with Crippen molar-refractivity contribution >= 4 is 21.5 Å². The maximum atomic E-state index is 13.6. The van der Waals surface area contributed by atoms with Gasteiger partial charge in [0.05, 0.1) is 24.2 Å². The first-order chi connectivity index (χ1) is 18.2. The molecule has 0 aliphatic carbocycles. The number of hydrogen-bond acceptors (Lipinski definition) is 5.